The highest BCUT2D eigenvalue weighted by atomic mass is 35.5. The van der Waals surface area contributed by atoms with Crippen molar-refractivity contribution in [3.05, 3.63) is 28.3 Å². The average Bonchev–Trinajstić information content (AvgIpc) is 3.12. The number of amides is 2. The van der Waals surface area contributed by atoms with Gasteiger partial charge in [0.25, 0.3) is 11.8 Å². The first kappa shape index (κ1) is 16.8. The molecule has 1 aliphatic heterocycles. The minimum atomic E-state index is -0.897. The largest absolute Gasteiger partial charge is 0.492 e. The summed E-state index contributed by atoms with van der Waals surface area (Å²) in [6.45, 7) is 0.180. The molecule has 1 aromatic rings. The molecule has 1 aromatic carbocycles. The lowest BCUT2D eigenvalue weighted by atomic mass is 10.1. The average molecular weight is 352 g/mol. The zero-order valence-corrected chi connectivity index (χ0v) is 13.8. The lowest BCUT2D eigenvalue weighted by Crippen LogP contribution is -2.38. The van der Waals surface area contributed by atoms with Crippen LogP contribution in [-0.2, 0) is 4.79 Å². The molecule has 0 atom stereocenters. The van der Waals surface area contributed by atoms with Crippen LogP contribution >= 0.6 is 11.6 Å². The number of aliphatic carboxylic acids is 1. The molecule has 0 radical (unpaired) electrons. The van der Waals surface area contributed by atoms with E-state index in [1.54, 1.807) is 0 Å². The minimum Gasteiger partial charge on any atom is -0.492 e. The van der Waals surface area contributed by atoms with Gasteiger partial charge in [-0.15, -0.1) is 0 Å². The Bertz CT molecular complexity index is 696. The Balaban J connectivity index is 1.77. The monoisotopic (exact) mass is 351 g/mol. The highest BCUT2D eigenvalue weighted by Crippen LogP contribution is 2.36. The molecule has 2 aliphatic rings. The number of halogens is 1. The maximum absolute atomic E-state index is 12.6. The molecule has 6 nitrogen and oxygen atoms in total. The fourth-order valence-corrected chi connectivity index (χ4v) is 3.49. The van der Waals surface area contributed by atoms with Gasteiger partial charge in [-0.2, -0.15) is 0 Å². The number of hydrogen-bond acceptors (Lipinski definition) is 4. The summed E-state index contributed by atoms with van der Waals surface area (Å²) in [6, 6.07) is 2.93. The first-order valence-corrected chi connectivity index (χ1v) is 8.43. The lowest BCUT2D eigenvalue weighted by Gasteiger charge is -2.21. The summed E-state index contributed by atoms with van der Waals surface area (Å²) in [6.07, 6.45) is 4.07. The molecule has 2 amide bonds. The normalized spacial score (nSPS) is 17.5. The smallest absolute Gasteiger partial charge is 0.303 e. The first-order chi connectivity index (χ1) is 11.5. The highest BCUT2D eigenvalue weighted by molar-refractivity contribution is 6.33. The number of fused-ring (bicyclic) bond motifs is 1. The Labute approximate surface area is 144 Å². The second kappa shape index (κ2) is 6.81. The molecule has 0 spiro atoms. The summed E-state index contributed by atoms with van der Waals surface area (Å²) in [5.74, 6) is -1.18. The van der Waals surface area contributed by atoms with Gasteiger partial charge in [-0.1, -0.05) is 24.4 Å². The molecule has 1 aliphatic carbocycles. The van der Waals surface area contributed by atoms with E-state index in [0.29, 0.717) is 23.3 Å². The second-order valence-electron chi connectivity index (χ2n) is 6.09. The molecule has 24 heavy (non-hydrogen) atoms. The summed E-state index contributed by atoms with van der Waals surface area (Å²) in [4.78, 5) is 37.0. The van der Waals surface area contributed by atoms with Crippen LogP contribution in [0.5, 0.6) is 5.75 Å². The molecule has 1 saturated carbocycles. The number of carboxylic acid groups (broad SMARTS) is 1. The van der Waals surface area contributed by atoms with Crippen molar-refractivity contribution in [1.29, 1.82) is 0 Å². The van der Waals surface area contributed by atoms with E-state index in [1.807, 2.05) is 0 Å². The third-order valence-corrected chi connectivity index (χ3v) is 4.75. The van der Waals surface area contributed by atoms with Crippen LogP contribution in [0.25, 0.3) is 0 Å². The predicted molar refractivity (Wildman–Crippen MR) is 86.6 cm³/mol. The number of imide groups is 1. The van der Waals surface area contributed by atoms with Crippen LogP contribution in [0.2, 0.25) is 5.02 Å². The number of hydrogen-bond donors (Lipinski definition) is 1. The summed E-state index contributed by atoms with van der Waals surface area (Å²) < 4.78 is 5.48. The summed E-state index contributed by atoms with van der Waals surface area (Å²) in [5, 5.41) is 8.87. The fraction of sp³-hybridized carbons (Fsp3) is 0.471. The molecule has 3 rings (SSSR count). The minimum absolute atomic E-state index is 0.00453. The van der Waals surface area contributed by atoms with Crippen LogP contribution in [0.4, 0.5) is 0 Å². The Hall–Kier alpha value is -2.08. The van der Waals surface area contributed by atoms with E-state index < -0.39 is 5.97 Å². The maximum atomic E-state index is 12.6. The van der Waals surface area contributed by atoms with Gasteiger partial charge in [0.2, 0.25) is 0 Å². The van der Waals surface area contributed by atoms with Crippen molar-refractivity contribution >= 4 is 29.4 Å². The van der Waals surface area contributed by atoms with Crippen molar-refractivity contribution in [2.45, 2.75) is 44.6 Å². The van der Waals surface area contributed by atoms with E-state index in [1.165, 1.54) is 17.0 Å². The standard InChI is InChI=1S/C17H18ClNO5/c18-13-8-11-12(9-14(13)24-7-3-6-15(20)21)17(23)19(16(11)22)10-4-1-2-5-10/h8-10H,1-7H2,(H,20,21). The molecule has 1 heterocycles. The van der Waals surface area contributed by atoms with Gasteiger partial charge < -0.3 is 9.84 Å². The first-order valence-electron chi connectivity index (χ1n) is 8.05. The molecule has 0 saturated heterocycles. The Morgan fingerprint density at radius 1 is 1.21 bits per heavy atom. The molecule has 1 N–H and O–H groups in total. The van der Waals surface area contributed by atoms with Crippen molar-refractivity contribution in [3.63, 3.8) is 0 Å². The molecule has 0 aromatic heterocycles. The van der Waals surface area contributed by atoms with E-state index in [2.05, 4.69) is 0 Å². The van der Waals surface area contributed by atoms with E-state index in [4.69, 9.17) is 21.4 Å². The van der Waals surface area contributed by atoms with Crippen LogP contribution in [0.3, 0.4) is 0 Å². The van der Waals surface area contributed by atoms with Crippen LogP contribution in [0.15, 0.2) is 12.1 Å². The van der Waals surface area contributed by atoms with Gasteiger partial charge >= 0.3 is 5.97 Å². The molecule has 1 fully saturated rings. The molecule has 7 heteroatoms. The van der Waals surface area contributed by atoms with Crippen LogP contribution in [0.1, 0.15) is 59.2 Å². The number of carbonyl (C=O) groups is 3. The predicted octanol–water partition coefficient (Wildman–Crippen LogP) is 3.12. The Morgan fingerprint density at radius 2 is 1.83 bits per heavy atom. The third-order valence-electron chi connectivity index (χ3n) is 4.45. The van der Waals surface area contributed by atoms with Gasteiger partial charge in [0.05, 0.1) is 22.8 Å². The zero-order valence-electron chi connectivity index (χ0n) is 13.1. The number of carboxylic acids is 1. The van der Waals surface area contributed by atoms with Gasteiger partial charge in [0, 0.05) is 12.5 Å². The van der Waals surface area contributed by atoms with Crippen LogP contribution in [-0.4, -0.2) is 40.4 Å². The Kier molecular flexibility index (Phi) is 4.76. The van der Waals surface area contributed by atoms with Gasteiger partial charge in [-0.3, -0.25) is 19.3 Å². The zero-order chi connectivity index (χ0) is 17.3. The van der Waals surface area contributed by atoms with Gasteiger partial charge in [-0.05, 0) is 31.4 Å². The molecular weight excluding hydrogens is 334 g/mol. The summed E-state index contributed by atoms with van der Waals surface area (Å²) in [7, 11) is 0. The number of rotatable bonds is 6. The molecular formula is C17H18ClNO5. The number of ether oxygens (including phenoxy) is 1. The topological polar surface area (TPSA) is 83.9 Å². The maximum Gasteiger partial charge on any atom is 0.303 e. The van der Waals surface area contributed by atoms with Crippen molar-refractivity contribution < 1.29 is 24.2 Å². The van der Waals surface area contributed by atoms with Crippen molar-refractivity contribution in [2.75, 3.05) is 6.61 Å². The van der Waals surface area contributed by atoms with Crippen molar-refractivity contribution in [3.8, 4) is 5.75 Å². The SMILES string of the molecule is O=C(O)CCCOc1cc2c(cc1Cl)C(=O)N(C1CCCC1)C2=O. The number of benzene rings is 1. The molecule has 128 valence electrons. The second-order valence-corrected chi connectivity index (χ2v) is 6.50. The van der Waals surface area contributed by atoms with Crippen LogP contribution < -0.4 is 4.74 Å². The number of carbonyl (C=O) groups excluding carboxylic acids is 2. The quantitative estimate of drug-likeness (QED) is 0.628. The molecule has 0 bridgehead atoms. The van der Waals surface area contributed by atoms with Crippen molar-refractivity contribution in [1.82, 2.24) is 4.90 Å². The molecule has 0 unspecified atom stereocenters. The Morgan fingerprint density at radius 3 is 2.46 bits per heavy atom. The number of nitrogens with zero attached hydrogens (tertiary/aromatic N) is 1. The lowest BCUT2D eigenvalue weighted by molar-refractivity contribution is -0.137. The van der Waals surface area contributed by atoms with Crippen molar-refractivity contribution in [2.24, 2.45) is 0 Å². The fourth-order valence-electron chi connectivity index (χ4n) is 3.27. The van der Waals surface area contributed by atoms with E-state index in [-0.39, 0.29) is 35.9 Å². The highest BCUT2D eigenvalue weighted by Gasteiger charge is 2.41. The third kappa shape index (κ3) is 3.11. The van der Waals surface area contributed by atoms with Gasteiger partial charge in [-0.25, -0.2) is 0 Å². The van der Waals surface area contributed by atoms with Gasteiger partial charge in [0.1, 0.15) is 5.75 Å². The van der Waals surface area contributed by atoms with E-state index >= 15 is 0 Å². The summed E-state index contributed by atoms with van der Waals surface area (Å²) in [5.41, 5.74) is 0.624. The summed E-state index contributed by atoms with van der Waals surface area (Å²) >= 11 is 6.15. The van der Waals surface area contributed by atoms with Gasteiger partial charge in [0.15, 0.2) is 0 Å². The van der Waals surface area contributed by atoms with Crippen LogP contribution in [0, 0.1) is 0 Å². The van der Waals surface area contributed by atoms with E-state index in [9.17, 15) is 14.4 Å². The van der Waals surface area contributed by atoms with E-state index in [0.717, 1.165) is 25.7 Å².